The molecule has 5 heteroatoms. The molecular weight excluding hydrogens is 244 g/mol. The van der Waals surface area contributed by atoms with Crippen LogP contribution in [0, 0.1) is 5.92 Å². The number of carbonyl (C=O) groups is 2. The summed E-state index contributed by atoms with van der Waals surface area (Å²) in [6, 6.07) is 6.32. The lowest BCUT2D eigenvalue weighted by Crippen LogP contribution is -2.39. The smallest absolute Gasteiger partial charge is 0.253 e. The number of benzene rings is 1. The highest BCUT2D eigenvalue weighted by atomic mass is 16.3. The molecule has 0 bridgehead atoms. The van der Waals surface area contributed by atoms with Gasteiger partial charge in [-0.1, -0.05) is 0 Å². The maximum Gasteiger partial charge on any atom is 0.253 e. The van der Waals surface area contributed by atoms with Gasteiger partial charge in [0.1, 0.15) is 0 Å². The first-order valence-corrected chi connectivity index (χ1v) is 6.30. The van der Waals surface area contributed by atoms with E-state index in [1.807, 2.05) is 0 Å². The first-order chi connectivity index (χ1) is 8.97. The molecular formula is C14H18N2O3. The van der Waals surface area contributed by atoms with E-state index >= 15 is 0 Å². The van der Waals surface area contributed by atoms with Crippen molar-refractivity contribution in [3.63, 3.8) is 0 Å². The lowest BCUT2D eigenvalue weighted by atomic mass is 9.82. The predicted octanol–water partition coefficient (Wildman–Crippen LogP) is 0.628. The van der Waals surface area contributed by atoms with E-state index in [0.717, 1.165) is 12.8 Å². The van der Waals surface area contributed by atoms with E-state index in [2.05, 4.69) is 0 Å². The van der Waals surface area contributed by atoms with Crippen molar-refractivity contribution < 1.29 is 14.7 Å². The first kappa shape index (κ1) is 13.5. The number of rotatable bonds is 4. The minimum Gasteiger partial charge on any atom is -0.393 e. The first-order valence-electron chi connectivity index (χ1n) is 6.30. The minimum absolute atomic E-state index is 0.0857. The quantitative estimate of drug-likeness (QED) is 0.834. The predicted molar refractivity (Wildman–Crippen MR) is 70.7 cm³/mol. The fourth-order valence-electron chi connectivity index (χ4n) is 2.32. The van der Waals surface area contributed by atoms with Crippen LogP contribution in [0.1, 0.15) is 33.6 Å². The Morgan fingerprint density at radius 2 is 1.79 bits per heavy atom. The summed E-state index contributed by atoms with van der Waals surface area (Å²) in [5.74, 6) is -0.206. The van der Waals surface area contributed by atoms with Crippen LogP contribution in [0.25, 0.3) is 0 Å². The van der Waals surface area contributed by atoms with Crippen molar-refractivity contribution in [1.29, 1.82) is 0 Å². The highest BCUT2D eigenvalue weighted by Crippen LogP contribution is 2.27. The van der Waals surface area contributed by atoms with E-state index in [-0.39, 0.29) is 12.0 Å². The van der Waals surface area contributed by atoms with Crippen LogP contribution in [-0.2, 0) is 0 Å². The summed E-state index contributed by atoms with van der Waals surface area (Å²) in [6.07, 6.45) is 1.32. The standard InChI is InChI=1S/C14H18N2O3/c1-16(8-9-6-12(17)7-9)14(19)11-4-2-10(3-5-11)13(15)18/h2-5,9,12,17H,6-8H2,1H3,(H2,15,18). The number of hydrogen-bond donors (Lipinski definition) is 2. The summed E-state index contributed by atoms with van der Waals surface area (Å²) in [5.41, 5.74) is 6.07. The maximum atomic E-state index is 12.1. The molecule has 5 nitrogen and oxygen atoms in total. The average molecular weight is 262 g/mol. The van der Waals surface area contributed by atoms with E-state index in [1.165, 1.54) is 0 Å². The topological polar surface area (TPSA) is 83.6 Å². The van der Waals surface area contributed by atoms with Crippen molar-refractivity contribution in [3.8, 4) is 0 Å². The Bertz CT molecular complexity index is 478. The molecule has 0 spiro atoms. The second-order valence-corrected chi connectivity index (χ2v) is 5.12. The van der Waals surface area contributed by atoms with Crippen molar-refractivity contribution >= 4 is 11.8 Å². The Kier molecular flexibility index (Phi) is 3.85. The van der Waals surface area contributed by atoms with Gasteiger partial charge in [-0.05, 0) is 43.0 Å². The van der Waals surface area contributed by atoms with Crippen LogP contribution in [0.5, 0.6) is 0 Å². The Labute approximate surface area is 112 Å². The summed E-state index contributed by atoms with van der Waals surface area (Å²) in [7, 11) is 1.75. The van der Waals surface area contributed by atoms with E-state index < -0.39 is 5.91 Å². The molecule has 2 amide bonds. The van der Waals surface area contributed by atoms with Gasteiger partial charge in [-0.25, -0.2) is 0 Å². The molecule has 1 saturated carbocycles. The number of hydrogen-bond acceptors (Lipinski definition) is 3. The highest BCUT2D eigenvalue weighted by molar-refractivity contribution is 5.97. The second kappa shape index (κ2) is 5.40. The lowest BCUT2D eigenvalue weighted by molar-refractivity contribution is 0.0265. The molecule has 0 atom stereocenters. The Balaban J connectivity index is 1.96. The highest BCUT2D eigenvalue weighted by Gasteiger charge is 2.29. The van der Waals surface area contributed by atoms with Crippen molar-refractivity contribution in [2.24, 2.45) is 11.7 Å². The van der Waals surface area contributed by atoms with Crippen molar-refractivity contribution in [2.75, 3.05) is 13.6 Å². The number of amides is 2. The number of aliphatic hydroxyl groups is 1. The van der Waals surface area contributed by atoms with Crippen molar-refractivity contribution in [3.05, 3.63) is 35.4 Å². The number of aliphatic hydroxyl groups excluding tert-OH is 1. The van der Waals surface area contributed by atoms with Gasteiger partial charge in [0.05, 0.1) is 6.10 Å². The SMILES string of the molecule is CN(CC1CC(O)C1)C(=O)c1ccc(C(N)=O)cc1. The summed E-state index contributed by atoms with van der Waals surface area (Å²) < 4.78 is 0. The summed E-state index contributed by atoms with van der Waals surface area (Å²) in [5, 5.41) is 9.22. The molecule has 0 heterocycles. The van der Waals surface area contributed by atoms with Gasteiger partial charge in [-0.15, -0.1) is 0 Å². The van der Waals surface area contributed by atoms with Crippen molar-refractivity contribution in [2.45, 2.75) is 18.9 Å². The molecule has 0 radical (unpaired) electrons. The van der Waals surface area contributed by atoms with Crippen molar-refractivity contribution in [1.82, 2.24) is 4.90 Å². The summed E-state index contributed by atoms with van der Waals surface area (Å²) in [6.45, 7) is 0.646. The van der Waals surface area contributed by atoms with E-state index in [0.29, 0.717) is 23.6 Å². The summed E-state index contributed by atoms with van der Waals surface area (Å²) in [4.78, 5) is 24.7. The number of nitrogens with zero attached hydrogens (tertiary/aromatic N) is 1. The molecule has 1 aromatic rings. The normalized spacial score (nSPS) is 21.6. The van der Waals surface area contributed by atoms with Crippen LogP contribution in [0.15, 0.2) is 24.3 Å². The molecule has 0 saturated heterocycles. The molecule has 2 rings (SSSR count). The van der Waals surface area contributed by atoms with Gasteiger partial charge in [0, 0.05) is 24.7 Å². The molecule has 1 aliphatic rings. The van der Waals surface area contributed by atoms with Crippen LogP contribution < -0.4 is 5.73 Å². The molecule has 0 aliphatic heterocycles. The molecule has 1 aromatic carbocycles. The van der Waals surface area contributed by atoms with E-state index in [4.69, 9.17) is 5.73 Å². The number of nitrogens with two attached hydrogens (primary N) is 1. The zero-order valence-electron chi connectivity index (χ0n) is 10.9. The van der Waals surface area contributed by atoms with Crippen LogP contribution in [0.4, 0.5) is 0 Å². The van der Waals surface area contributed by atoms with Gasteiger partial charge in [-0.2, -0.15) is 0 Å². The minimum atomic E-state index is -0.504. The van der Waals surface area contributed by atoms with E-state index in [1.54, 1.807) is 36.2 Å². The Morgan fingerprint density at radius 1 is 1.26 bits per heavy atom. The molecule has 102 valence electrons. The fraction of sp³-hybridized carbons (Fsp3) is 0.429. The Morgan fingerprint density at radius 3 is 2.26 bits per heavy atom. The van der Waals surface area contributed by atoms with Crippen LogP contribution in [-0.4, -0.2) is 41.5 Å². The Hall–Kier alpha value is -1.88. The lowest BCUT2D eigenvalue weighted by Gasteiger charge is -2.34. The number of primary amides is 1. The van der Waals surface area contributed by atoms with Crippen LogP contribution >= 0.6 is 0 Å². The van der Waals surface area contributed by atoms with Gasteiger partial charge in [0.2, 0.25) is 5.91 Å². The third kappa shape index (κ3) is 3.12. The zero-order chi connectivity index (χ0) is 14.0. The van der Waals surface area contributed by atoms with Crippen LogP contribution in [0.3, 0.4) is 0 Å². The summed E-state index contributed by atoms with van der Waals surface area (Å²) >= 11 is 0. The van der Waals surface area contributed by atoms with E-state index in [9.17, 15) is 14.7 Å². The second-order valence-electron chi connectivity index (χ2n) is 5.12. The van der Waals surface area contributed by atoms with Gasteiger partial charge in [0.25, 0.3) is 5.91 Å². The third-order valence-electron chi connectivity index (χ3n) is 3.51. The largest absolute Gasteiger partial charge is 0.393 e. The zero-order valence-corrected chi connectivity index (χ0v) is 10.9. The van der Waals surface area contributed by atoms with Gasteiger partial charge in [-0.3, -0.25) is 9.59 Å². The molecule has 1 aliphatic carbocycles. The molecule has 0 unspecified atom stereocenters. The number of carbonyl (C=O) groups excluding carboxylic acids is 2. The maximum absolute atomic E-state index is 12.1. The van der Waals surface area contributed by atoms with Crippen LogP contribution in [0.2, 0.25) is 0 Å². The monoisotopic (exact) mass is 262 g/mol. The fourth-order valence-corrected chi connectivity index (χ4v) is 2.32. The van der Waals surface area contributed by atoms with Gasteiger partial charge < -0.3 is 15.7 Å². The van der Waals surface area contributed by atoms with Gasteiger partial charge >= 0.3 is 0 Å². The molecule has 1 fully saturated rings. The van der Waals surface area contributed by atoms with Gasteiger partial charge in [0.15, 0.2) is 0 Å². The molecule has 3 N–H and O–H groups in total. The average Bonchev–Trinajstić information content (AvgIpc) is 2.36. The third-order valence-corrected chi connectivity index (χ3v) is 3.51. The molecule has 19 heavy (non-hydrogen) atoms. The molecule has 0 aromatic heterocycles.